The fraction of sp³-hybridized carbons (Fsp3) is 0.462. The van der Waals surface area contributed by atoms with Gasteiger partial charge in [0.05, 0.1) is 0 Å². The SMILES string of the molecule is C=C/C=C(\C=C)CCN(C)C(=O)C(F)(F)F.CC. The zero-order valence-electron chi connectivity index (χ0n) is 11.0. The molecule has 0 aliphatic carbocycles. The molecule has 0 fully saturated rings. The molecule has 18 heavy (non-hydrogen) atoms. The van der Waals surface area contributed by atoms with Gasteiger partial charge in [0.1, 0.15) is 0 Å². The van der Waals surface area contributed by atoms with Crippen molar-refractivity contribution < 1.29 is 18.0 Å². The van der Waals surface area contributed by atoms with Crippen molar-refractivity contribution in [2.45, 2.75) is 26.4 Å². The van der Waals surface area contributed by atoms with Crippen molar-refractivity contribution in [3.05, 3.63) is 37.0 Å². The van der Waals surface area contributed by atoms with Crippen LogP contribution in [0.5, 0.6) is 0 Å². The Labute approximate surface area is 106 Å². The minimum atomic E-state index is -4.81. The average molecular weight is 263 g/mol. The first kappa shape index (κ1) is 18.8. The molecule has 0 radical (unpaired) electrons. The summed E-state index contributed by atoms with van der Waals surface area (Å²) in [6, 6.07) is 0. The lowest BCUT2D eigenvalue weighted by Gasteiger charge is -2.18. The van der Waals surface area contributed by atoms with Gasteiger partial charge < -0.3 is 4.90 Å². The van der Waals surface area contributed by atoms with Crippen LogP contribution in [0, 0.1) is 0 Å². The first-order valence-corrected chi connectivity index (χ1v) is 5.59. The largest absolute Gasteiger partial charge is 0.471 e. The maximum Gasteiger partial charge on any atom is 0.471 e. The van der Waals surface area contributed by atoms with Gasteiger partial charge in [-0.15, -0.1) is 0 Å². The zero-order valence-corrected chi connectivity index (χ0v) is 11.0. The standard InChI is InChI=1S/C11H14F3NO.C2H6/c1-4-6-9(5-2)7-8-15(3)10(16)11(12,13)14;1-2/h4-6H,1-2,7-8H2,3H3;1-2H3/b9-6+;. The second kappa shape index (κ2) is 9.50. The summed E-state index contributed by atoms with van der Waals surface area (Å²) in [5, 5.41) is 0. The summed E-state index contributed by atoms with van der Waals surface area (Å²) >= 11 is 0. The molecular formula is C13H20F3NO. The summed E-state index contributed by atoms with van der Waals surface area (Å²) in [6.45, 7) is 11.0. The Morgan fingerprint density at radius 2 is 1.78 bits per heavy atom. The van der Waals surface area contributed by atoms with Crippen LogP contribution in [0.4, 0.5) is 13.2 Å². The molecule has 1 amide bonds. The lowest BCUT2D eigenvalue weighted by molar-refractivity contribution is -0.183. The first-order chi connectivity index (χ1) is 8.32. The van der Waals surface area contributed by atoms with E-state index in [4.69, 9.17) is 0 Å². The molecule has 0 aliphatic rings. The highest BCUT2D eigenvalue weighted by Gasteiger charge is 2.40. The second-order valence-corrected chi connectivity index (χ2v) is 3.16. The van der Waals surface area contributed by atoms with Gasteiger partial charge in [-0.2, -0.15) is 13.2 Å². The van der Waals surface area contributed by atoms with Crippen molar-refractivity contribution in [2.75, 3.05) is 13.6 Å². The molecule has 0 aromatic heterocycles. The number of hydrogen-bond acceptors (Lipinski definition) is 1. The first-order valence-electron chi connectivity index (χ1n) is 5.59. The number of halogens is 3. The van der Waals surface area contributed by atoms with Crippen LogP contribution >= 0.6 is 0 Å². The number of allylic oxidation sites excluding steroid dienone is 3. The maximum absolute atomic E-state index is 12.0. The van der Waals surface area contributed by atoms with Crippen LogP contribution in [-0.2, 0) is 4.79 Å². The number of alkyl halides is 3. The Kier molecular flexibility index (Phi) is 9.94. The van der Waals surface area contributed by atoms with E-state index in [-0.39, 0.29) is 6.54 Å². The van der Waals surface area contributed by atoms with Gasteiger partial charge >= 0.3 is 12.1 Å². The quantitative estimate of drug-likeness (QED) is 0.692. The van der Waals surface area contributed by atoms with Crippen molar-refractivity contribution in [3.8, 4) is 0 Å². The molecule has 0 saturated heterocycles. The van der Waals surface area contributed by atoms with E-state index in [0.29, 0.717) is 11.3 Å². The summed E-state index contributed by atoms with van der Waals surface area (Å²) in [4.78, 5) is 11.4. The Morgan fingerprint density at radius 1 is 1.28 bits per heavy atom. The number of amides is 1. The van der Waals surface area contributed by atoms with E-state index in [1.165, 1.54) is 12.2 Å². The molecule has 0 spiro atoms. The molecule has 0 unspecified atom stereocenters. The van der Waals surface area contributed by atoms with Gasteiger partial charge in [-0.05, 0) is 12.0 Å². The molecule has 0 aliphatic heterocycles. The number of carbonyl (C=O) groups excluding carboxylic acids is 1. The summed E-state index contributed by atoms with van der Waals surface area (Å²) in [5.41, 5.74) is 0.733. The smallest absolute Gasteiger partial charge is 0.338 e. The van der Waals surface area contributed by atoms with E-state index in [2.05, 4.69) is 13.2 Å². The van der Waals surface area contributed by atoms with Crippen LogP contribution in [0.3, 0.4) is 0 Å². The van der Waals surface area contributed by atoms with Crippen LogP contribution in [-0.4, -0.2) is 30.6 Å². The zero-order chi connectivity index (χ0) is 14.8. The van der Waals surface area contributed by atoms with Crippen molar-refractivity contribution in [3.63, 3.8) is 0 Å². The number of carbonyl (C=O) groups is 1. The lowest BCUT2D eigenvalue weighted by Crippen LogP contribution is -2.38. The number of rotatable bonds is 5. The highest BCUT2D eigenvalue weighted by Crippen LogP contribution is 2.18. The van der Waals surface area contributed by atoms with E-state index >= 15 is 0 Å². The Bertz CT molecular complexity index is 306. The van der Waals surface area contributed by atoms with Crippen LogP contribution in [0.1, 0.15) is 20.3 Å². The van der Waals surface area contributed by atoms with Crippen LogP contribution in [0.25, 0.3) is 0 Å². The second-order valence-electron chi connectivity index (χ2n) is 3.16. The molecule has 104 valence electrons. The van der Waals surface area contributed by atoms with Crippen molar-refractivity contribution in [1.82, 2.24) is 4.90 Å². The van der Waals surface area contributed by atoms with E-state index in [1.54, 1.807) is 6.08 Å². The third-order valence-electron chi connectivity index (χ3n) is 1.92. The van der Waals surface area contributed by atoms with E-state index in [1.807, 2.05) is 13.8 Å². The molecule has 0 bridgehead atoms. The predicted molar refractivity (Wildman–Crippen MR) is 68.1 cm³/mol. The molecule has 0 aromatic rings. The number of nitrogens with zero attached hydrogens (tertiary/aromatic N) is 1. The van der Waals surface area contributed by atoms with Crippen LogP contribution in [0.15, 0.2) is 37.0 Å². The van der Waals surface area contributed by atoms with Gasteiger partial charge in [0, 0.05) is 13.6 Å². The van der Waals surface area contributed by atoms with Gasteiger partial charge in [0.2, 0.25) is 0 Å². The third-order valence-corrected chi connectivity index (χ3v) is 1.92. The minimum absolute atomic E-state index is 0.00988. The summed E-state index contributed by atoms with van der Waals surface area (Å²) < 4.78 is 36.0. The van der Waals surface area contributed by atoms with Crippen LogP contribution < -0.4 is 0 Å². The molecule has 0 rings (SSSR count). The molecule has 0 aromatic carbocycles. The topological polar surface area (TPSA) is 20.3 Å². The molecule has 0 saturated carbocycles. The average Bonchev–Trinajstić information content (AvgIpc) is 2.34. The van der Waals surface area contributed by atoms with Crippen molar-refractivity contribution >= 4 is 5.91 Å². The molecular weight excluding hydrogens is 243 g/mol. The van der Waals surface area contributed by atoms with Crippen molar-refractivity contribution in [2.24, 2.45) is 0 Å². The molecule has 2 nitrogen and oxygen atoms in total. The third kappa shape index (κ3) is 7.70. The van der Waals surface area contributed by atoms with Crippen molar-refractivity contribution in [1.29, 1.82) is 0 Å². The normalized spacial score (nSPS) is 11.1. The van der Waals surface area contributed by atoms with Gasteiger partial charge in [-0.3, -0.25) is 4.79 Å². The van der Waals surface area contributed by atoms with Gasteiger partial charge in [-0.25, -0.2) is 0 Å². The van der Waals surface area contributed by atoms with E-state index < -0.39 is 12.1 Å². The number of hydrogen-bond donors (Lipinski definition) is 0. The van der Waals surface area contributed by atoms with E-state index in [9.17, 15) is 18.0 Å². The van der Waals surface area contributed by atoms with E-state index in [0.717, 1.165) is 12.6 Å². The molecule has 0 heterocycles. The summed E-state index contributed by atoms with van der Waals surface area (Å²) in [6.07, 6.45) is 0.175. The minimum Gasteiger partial charge on any atom is -0.338 e. The Morgan fingerprint density at radius 3 is 2.11 bits per heavy atom. The molecule has 0 N–H and O–H groups in total. The highest BCUT2D eigenvalue weighted by molar-refractivity contribution is 5.81. The Balaban J connectivity index is 0. The summed E-state index contributed by atoms with van der Waals surface area (Å²) in [5.74, 6) is -1.84. The fourth-order valence-electron chi connectivity index (χ4n) is 1.02. The Hall–Kier alpha value is -1.52. The van der Waals surface area contributed by atoms with Gasteiger partial charge in [0.15, 0.2) is 0 Å². The highest BCUT2D eigenvalue weighted by atomic mass is 19.4. The summed E-state index contributed by atoms with van der Waals surface area (Å²) in [7, 11) is 1.12. The fourth-order valence-corrected chi connectivity index (χ4v) is 1.02. The monoisotopic (exact) mass is 263 g/mol. The van der Waals surface area contributed by atoms with Crippen LogP contribution in [0.2, 0.25) is 0 Å². The maximum atomic E-state index is 12.0. The van der Waals surface area contributed by atoms with Gasteiger partial charge in [-0.1, -0.05) is 45.2 Å². The van der Waals surface area contributed by atoms with Gasteiger partial charge in [0.25, 0.3) is 0 Å². The predicted octanol–water partition coefficient (Wildman–Crippen LogP) is 3.72. The molecule has 5 heteroatoms. The molecule has 0 atom stereocenters. The lowest BCUT2D eigenvalue weighted by atomic mass is 10.1.